The molecule has 0 saturated heterocycles. The molecule has 4 N–H and O–H groups in total. The van der Waals surface area contributed by atoms with Gasteiger partial charge in [0.1, 0.15) is 11.1 Å². The maximum absolute atomic E-state index is 10.1. The minimum absolute atomic E-state index is 0.153. The van der Waals surface area contributed by atoms with Crippen molar-refractivity contribution >= 4 is 11.0 Å². The summed E-state index contributed by atoms with van der Waals surface area (Å²) >= 11 is 0. The Labute approximate surface area is 253 Å². The highest BCUT2D eigenvalue weighted by Crippen LogP contribution is 2.40. The molecule has 3 aromatic carbocycles. The summed E-state index contributed by atoms with van der Waals surface area (Å²) in [5.41, 5.74) is 13.3. The number of aliphatic hydroxyl groups excluding tert-OH is 1. The number of unbranched alkanes of at least 4 members (excludes halogenated alkanes) is 2. The van der Waals surface area contributed by atoms with Gasteiger partial charge in [-0.25, -0.2) is 4.98 Å². The Morgan fingerprint density at radius 1 is 0.884 bits per heavy atom. The first-order valence-corrected chi connectivity index (χ1v) is 15.4. The summed E-state index contributed by atoms with van der Waals surface area (Å²) in [4.78, 5) is 5.07. The molecule has 0 bridgehead atoms. The Morgan fingerprint density at radius 3 is 2.33 bits per heavy atom. The molecule has 0 radical (unpaired) electrons. The molecule has 0 unspecified atom stereocenters. The predicted octanol–water partition coefficient (Wildman–Crippen LogP) is 6.66. The van der Waals surface area contributed by atoms with Crippen molar-refractivity contribution in [3.05, 3.63) is 108 Å². The van der Waals surface area contributed by atoms with Crippen molar-refractivity contribution in [3.8, 4) is 34.2 Å². The van der Waals surface area contributed by atoms with Crippen molar-refractivity contribution in [2.75, 3.05) is 6.54 Å². The molecule has 1 fully saturated rings. The van der Waals surface area contributed by atoms with Gasteiger partial charge in [-0.05, 0) is 73.9 Å². The topological polar surface area (TPSA) is 92.9 Å². The molecule has 6 rings (SSSR count). The zero-order valence-corrected chi connectivity index (χ0v) is 24.5. The quantitative estimate of drug-likeness (QED) is 0.144. The lowest BCUT2D eigenvalue weighted by atomic mass is 9.93. The van der Waals surface area contributed by atoms with Crippen LogP contribution in [-0.4, -0.2) is 31.9 Å². The van der Waals surface area contributed by atoms with Crippen LogP contribution in [-0.2, 0) is 6.54 Å². The van der Waals surface area contributed by atoms with Crippen LogP contribution in [0.2, 0.25) is 0 Å². The van der Waals surface area contributed by atoms with Crippen molar-refractivity contribution in [2.45, 2.75) is 63.6 Å². The van der Waals surface area contributed by atoms with Crippen molar-refractivity contribution in [2.24, 2.45) is 5.73 Å². The molecule has 5 aromatic rings. The minimum Gasteiger partial charge on any atom is -0.393 e. The van der Waals surface area contributed by atoms with Crippen LogP contribution in [0.1, 0.15) is 62.1 Å². The molecule has 2 heterocycles. The average Bonchev–Trinajstić information content (AvgIpc) is 3.37. The van der Waals surface area contributed by atoms with Crippen LogP contribution in [0, 0.1) is 17.3 Å². The Morgan fingerprint density at radius 2 is 1.60 bits per heavy atom. The van der Waals surface area contributed by atoms with Crippen molar-refractivity contribution < 1.29 is 5.11 Å². The second-order valence-electron chi connectivity index (χ2n) is 11.5. The van der Waals surface area contributed by atoms with E-state index in [2.05, 4.69) is 89.2 Å². The van der Waals surface area contributed by atoms with Gasteiger partial charge in [0.15, 0.2) is 0 Å². The van der Waals surface area contributed by atoms with E-state index in [1.165, 1.54) is 0 Å². The number of hydrogen-bond acceptors (Lipinski definition) is 4. The van der Waals surface area contributed by atoms with Crippen LogP contribution in [0.15, 0.2) is 91.3 Å². The summed E-state index contributed by atoms with van der Waals surface area (Å²) in [5.74, 6) is 6.63. The monoisotopic (exact) mass is 569 g/mol. The lowest BCUT2D eigenvalue weighted by Crippen LogP contribution is -2.29. The Kier molecular flexibility index (Phi) is 8.83. The molecule has 6 heteroatoms. The molecule has 0 atom stereocenters. The van der Waals surface area contributed by atoms with Gasteiger partial charge in [-0.15, -0.1) is 0 Å². The van der Waals surface area contributed by atoms with Gasteiger partial charge >= 0.3 is 0 Å². The van der Waals surface area contributed by atoms with E-state index in [1.54, 1.807) is 0 Å². The van der Waals surface area contributed by atoms with Gasteiger partial charge < -0.3 is 20.0 Å². The van der Waals surface area contributed by atoms with Gasteiger partial charge in [0.25, 0.3) is 0 Å². The van der Waals surface area contributed by atoms with Crippen molar-refractivity contribution in [1.29, 1.82) is 5.41 Å². The number of aromatic nitrogens is 3. The number of benzene rings is 3. The highest BCUT2D eigenvalue weighted by Gasteiger charge is 2.26. The van der Waals surface area contributed by atoms with Crippen LogP contribution in [0.3, 0.4) is 0 Å². The van der Waals surface area contributed by atoms with E-state index in [-0.39, 0.29) is 12.1 Å². The summed E-state index contributed by atoms with van der Waals surface area (Å²) in [7, 11) is 0. The molecule has 0 aliphatic heterocycles. The average molecular weight is 570 g/mol. The lowest BCUT2D eigenvalue weighted by molar-refractivity contribution is 0.109. The molecular formula is C37H39N5O. The maximum atomic E-state index is 10.1. The third kappa shape index (κ3) is 6.19. The maximum Gasteiger partial charge on any atom is 0.146 e. The smallest absolute Gasteiger partial charge is 0.146 e. The molecule has 6 nitrogen and oxygen atoms in total. The zero-order chi connectivity index (χ0) is 29.6. The summed E-state index contributed by atoms with van der Waals surface area (Å²) in [6.07, 6.45) is 7.65. The Balaban J connectivity index is 1.53. The molecule has 218 valence electrons. The summed E-state index contributed by atoms with van der Waals surface area (Å²) in [5, 5.41) is 20.5. The number of nitrogens with two attached hydrogens (primary N) is 1. The van der Waals surface area contributed by atoms with E-state index in [4.69, 9.17) is 10.7 Å². The fraction of sp³-hybridized carbons (Fsp3) is 0.297. The van der Waals surface area contributed by atoms with Crippen LogP contribution >= 0.6 is 0 Å². The van der Waals surface area contributed by atoms with Gasteiger partial charge in [0.2, 0.25) is 0 Å². The van der Waals surface area contributed by atoms with Crippen LogP contribution in [0.4, 0.5) is 0 Å². The number of nitrogens with zero attached hydrogens (tertiary/aromatic N) is 3. The van der Waals surface area contributed by atoms with Gasteiger partial charge in [0.05, 0.1) is 23.5 Å². The summed E-state index contributed by atoms with van der Waals surface area (Å²) in [6, 6.07) is 29.4. The SMILES string of the molecule is N=c1c2c(-c3ccccc3)c(-c3ccccc3)n(Cc3cccc(C#CCCCCN)c3)c2ncn1C1CCC(O)CC1. The number of hydrogen-bond donors (Lipinski definition) is 3. The Bertz CT molecular complexity index is 1800. The third-order valence-electron chi connectivity index (χ3n) is 8.46. The van der Waals surface area contributed by atoms with E-state index in [9.17, 15) is 10.5 Å². The largest absolute Gasteiger partial charge is 0.393 e. The van der Waals surface area contributed by atoms with Crippen LogP contribution in [0.25, 0.3) is 33.4 Å². The highest BCUT2D eigenvalue weighted by atomic mass is 16.3. The van der Waals surface area contributed by atoms with E-state index in [0.717, 1.165) is 89.5 Å². The second-order valence-corrected chi connectivity index (χ2v) is 11.5. The van der Waals surface area contributed by atoms with Crippen molar-refractivity contribution in [1.82, 2.24) is 14.1 Å². The first-order valence-electron chi connectivity index (χ1n) is 15.4. The fourth-order valence-electron chi connectivity index (χ4n) is 6.27. The van der Waals surface area contributed by atoms with Gasteiger partial charge in [-0.2, -0.15) is 0 Å². The standard InChI is InChI=1S/C37H39N5O/c38-23-10-2-1-5-12-27-13-11-14-28(24-27)25-41-35(30-17-8-4-9-18-30)33(29-15-6-3-7-16-29)34-36(39)42(26-40-37(34)41)31-19-21-32(43)22-20-31/h3-4,6-9,11,13-18,24,26,31-32,39,43H,1-2,10,19-23,25,38H2. The first kappa shape index (κ1) is 28.7. The van der Waals surface area contributed by atoms with Crippen LogP contribution < -0.4 is 11.2 Å². The second kappa shape index (κ2) is 13.2. The lowest BCUT2D eigenvalue weighted by Gasteiger charge is -2.27. The number of rotatable bonds is 8. The van der Waals surface area contributed by atoms with Gasteiger partial charge in [-0.3, -0.25) is 5.41 Å². The zero-order valence-electron chi connectivity index (χ0n) is 24.5. The summed E-state index contributed by atoms with van der Waals surface area (Å²) in [6.45, 7) is 1.30. The highest BCUT2D eigenvalue weighted by molar-refractivity contribution is 6.02. The number of nitrogens with one attached hydrogen (secondary N) is 1. The van der Waals surface area contributed by atoms with E-state index < -0.39 is 0 Å². The number of fused-ring (bicyclic) bond motifs is 1. The predicted molar refractivity (Wildman–Crippen MR) is 173 cm³/mol. The first-order chi connectivity index (χ1) is 21.1. The molecule has 1 saturated carbocycles. The number of aliphatic hydroxyl groups is 1. The molecule has 0 spiro atoms. The van der Waals surface area contributed by atoms with Crippen molar-refractivity contribution in [3.63, 3.8) is 0 Å². The molecule has 0 amide bonds. The Hall–Kier alpha value is -4.44. The fourth-order valence-corrected chi connectivity index (χ4v) is 6.27. The minimum atomic E-state index is -0.250. The molecule has 2 aromatic heterocycles. The molecule has 1 aliphatic rings. The molecule has 1 aliphatic carbocycles. The summed E-state index contributed by atoms with van der Waals surface area (Å²) < 4.78 is 4.30. The van der Waals surface area contributed by atoms with E-state index in [0.29, 0.717) is 18.6 Å². The van der Waals surface area contributed by atoms with E-state index >= 15 is 0 Å². The van der Waals surface area contributed by atoms with Gasteiger partial charge in [0, 0.05) is 30.1 Å². The van der Waals surface area contributed by atoms with Gasteiger partial charge in [-0.1, -0.05) is 84.6 Å². The molecular weight excluding hydrogens is 530 g/mol. The third-order valence-corrected chi connectivity index (χ3v) is 8.46. The van der Waals surface area contributed by atoms with E-state index in [1.807, 2.05) is 23.0 Å². The molecule has 43 heavy (non-hydrogen) atoms. The van der Waals surface area contributed by atoms with Crippen LogP contribution in [0.5, 0.6) is 0 Å². The normalized spacial score (nSPS) is 16.6.